The number of carbonyl (C=O) groups is 2. The smallest absolute Gasteiger partial charge is 0.251 e. The molecule has 8 nitrogen and oxygen atoms in total. The molecule has 0 bridgehead atoms. The quantitative estimate of drug-likeness (QED) is 0.245. The predicted octanol–water partition coefficient (Wildman–Crippen LogP) is 0.622. The molecule has 0 aromatic heterocycles. The van der Waals surface area contributed by atoms with Crippen molar-refractivity contribution in [2.24, 2.45) is 4.99 Å². The summed E-state index contributed by atoms with van der Waals surface area (Å²) in [4.78, 5) is 32.4. The van der Waals surface area contributed by atoms with Gasteiger partial charge in [-0.25, -0.2) is 0 Å². The van der Waals surface area contributed by atoms with E-state index in [-0.39, 0.29) is 41.5 Å². The lowest BCUT2D eigenvalue weighted by molar-refractivity contribution is -0.135. The van der Waals surface area contributed by atoms with E-state index in [9.17, 15) is 14.7 Å². The normalized spacial score (nSPS) is 17.4. The Morgan fingerprint density at radius 3 is 2.44 bits per heavy atom. The van der Waals surface area contributed by atoms with E-state index in [4.69, 9.17) is 0 Å². The summed E-state index contributed by atoms with van der Waals surface area (Å²) in [6.45, 7) is 2.78. The van der Waals surface area contributed by atoms with Crippen molar-refractivity contribution in [3.05, 3.63) is 29.8 Å². The highest BCUT2D eigenvalue weighted by Gasteiger charge is 2.36. The van der Waals surface area contributed by atoms with Gasteiger partial charge in [0.05, 0.1) is 6.54 Å². The third kappa shape index (κ3) is 5.72. The van der Waals surface area contributed by atoms with Crippen molar-refractivity contribution in [1.29, 1.82) is 0 Å². The number of halogens is 1. The number of carbonyl (C=O) groups excluding carboxylic acids is 2. The number of phenolic OH excluding ortho intramolecular Hbond substituents is 1. The highest BCUT2D eigenvalue weighted by molar-refractivity contribution is 14.0. The van der Waals surface area contributed by atoms with Crippen molar-refractivity contribution in [2.45, 2.75) is 18.9 Å². The summed E-state index contributed by atoms with van der Waals surface area (Å²) >= 11 is 0. The number of piperazine rings is 1. The lowest BCUT2D eigenvalue weighted by Gasteiger charge is -2.36. The van der Waals surface area contributed by atoms with Crippen LogP contribution < -0.4 is 10.6 Å². The van der Waals surface area contributed by atoms with Gasteiger partial charge in [0.15, 0.2) is 5.96 Å². The zero-order valence-corrected chi connectivity index (χ0v) is 17.7. The van der Waals surface area contributed by atoms with Crippen LogP contribution in [0.3, 0.4) is 0 Å². The van der Waals surface area contributed by atoms with Crippen LogP contribution in [0.1, 0.15) is 23.2 Å². The standard InChI is InChI=1S/C18H25N5O3.HI/c1-19-18(22-10-11-23(14-4-5-14)16(25)12-22)21-9-8-20-17(26)13-2-6-15(24)7-3-13;/h2-3,6-7,14,24H,4-5,8-12H2,1H3,(H,19,21)(H,20,26);1H. The molecule has 2 amide bonds. The van der Waals surface area contributed by atoms with E-state index in [0.717, 1.165) is 25.9 Å². The number of amides is 2. The fourth-order valence-corrected chi connectivity index (χ4v) is 3.04. The molecule has 1 aliphatic heterocycles. The van der Waals surface area contributed by atoms with E-state index in [1.54, 1.807) is 19.2 Å². The van der Waals surface area contributed by atoms with Crippen molar-refractivity contribution in [1.82, 2.24) is 20.4 Å². The Morgan fingerprint density at radius 2 is 1.85 bits per heavy atom. The van der Waals surface area contributed by atoms with Gasteiger partial charge in [0.1, 0.15) is 5.75 Å². The van der Waals surface area contributed by atoms with Crippen LogP contribution in [0.15, 0.2) is 29.3 Å². The van der Waals surface area contributed by atoms with Crippen LogP contribution in [0, 0.1) is 0 Å². The van der Waals surface area contributed by atoms with Crippen molar-refractivity contribution in [2.75, 3.05) is 39.8 Å². The molecular formula is C18H26IN5O3. The van der Waals surface area contributed by atoms with Gasteiger partial charge in [-0.3, -0.25) is 14.6 Å². The molecule has 1 saturated heterocycles. The second-order valence-electron chi connectivity index (χ2n) is 6.52. The Hall–Kier alpha value is -2.04. The number of nitrogens with zero attached hydrogens (tertiary/aromatic N) is 3. The average Bonchev–Trinajstić information content (AvgIpc) is 3.47. The number of aliphatic imine (C=N–C) groups is 1. The molecule has 3 rings (SSSR count). The molecule has 148 valence electrons. The maximum Gasteiger partial charge on any atom is 0.251 e. The van der Waals surface area contributed by atoms with Crippen LogP contribution in [-0.4, -0.2) is 78.5 Å². The van der Waals surface area contributed by atoms with Crippen molar-refractivity contribution in [3.8, 4) is 5.75 Å². The second-order valence-corrected chi connectivity index (χ2v) is 6.52. The fourth-order valence-electron chi connectivity index (χ4n) is 3.04. The number of guanidine groups is 1. The van der Waals surface area contributed by atoms with Crippen LogP contribution >= 0.6 is 24.0 Å². The summed E-state index contributed by atoms with van der Waals surface area (Å²) in [5, 5.41) is 15.2. The third-order valence-electron chi connectivity index (χ3n) is 4.58. The SMILES string of the molecule is CN=C(NCCNC(=O)c1ccc(O)cc1)N1CCN(C2CC2)C(=O)C1.I. The number of phenols is 1. The molecule has 9 heteroatoms. The Balaban J connectivity index is 0.00000261. The van der Waals surface area contributed by atoms with Crippen molar-refractivity contribution >= 4 is 41.8 Å². The summed E-state index contributed by atoms with van der Waals surface area (Å²) < 4.78 is 0. The first-order valence-electron chi connectivity index (χ1n) is 8.91. The van der Waals surface area contributed by atoms with Gasteiger partial charge in [0, 0.05) is 44.8 Å². The Labute approximate surface area is 176 Å². The Kier molecular flexibility index (Phi) is 7.69. The lowest BCUT2D eigenvalue weighted by atomic mass is 10.2. The molecule has 0 radical (unpaired) electrons. The summed E-state index contributed by atoms with van der Waals surface area (Å²) in [5.74, 6) is 0.758. The van der Waals surface area contributed by atoms with Gasteiger partial charge >= 0.3 is 0 Å². The molecule has 1 aliphatic carbocycles. The fraction of sp³-hybridized carbons (Fsp3) is 0.500. The number of hydrogen-bond donors (Lipinski definition) is 3. The first-order valence-corrected chi connectivity index (χ1v) is 8.91. The first kappa shape index (κ1) is 21.3. The van der Waals surface area contributed by atoms with Gasteiger partial charge in [-0.15, -0.1) is 24.0 Å². The topological polar surface area (TPSA) is 97.3 Å². The van der Waals surface area contributed by atoms with E-state index in [0.29, 0.717) is 37.2 Å². The number of benzene rings is 1. The summed E-state index contributed by atoms with van der Waals surface area (Å²) in [6, 6.07) is 6.56. The lowest BCUT2D eigenvalue weighted by Crippen LogP contribution is -2.56. The molecule has 1 aromatic carbocycles. The predicted molar refractivity (Wildman–Crippen MR) is 114 cm³/mol. The van der Waals surface area contributed by atoms with E-state index in [1.165, 1.54) is 12.1 Å². The summed E-state index contributed by atoms with van der Waals surface area (Å²) in [5.41, 5.74) is 0.494. The molecule has 1 saturated carbocycles. The molecule has 0 unspecified atom stereocenters. The Morgan fingerprint density at radius 1 is 1.19 bits per heavy atom. The van der Waals surface area contributed by atoms with Crippen molar-refractivity contribution < 1.29 is 14.7 Å². The van der Waals surface area contributed by atoms with Gasteiger partial charge in [0.25, 0.3) is 5.91 Å². The van der Waals surface area contributed by atoms with Crippen LogP contribution in [-0.2, 0) is 4.79 Å². The van der Waals surface area contributed by atoms with Crippen LogP contribution in [0.4, 0.5) is 0 Å². The second kappa shape index (κ2) is 9.77. The first-order chi connectivity index (χ1) is 12.6. The Bertz CT molecular complexity index is 691. The molecule has 3 N–H and O–H groups in total. The minimum Gasteiger partial charge on any atom is -0.508 e. The molecule has 27 heavy (non-hydrogen) atoms. The number of aromatic hydroxyl groups is 1. The highest BCUT2D eigenvalue weighted by atomic mass is 127. The largest absolute Gasteiger partial charge is 0.508 e. The van der Waals surface area contributed by atoms with Crippen LogP contribution in [0.2, 0.25) is 0 Å². The van der Waals surface area contributed by atoms with E-state index < -0.39 is 0 Å². The molecule has 1 heterocycles. The minimum absolute atomic E-state index is 0. The monoisotopic (exact) mass is 487 g/mol. The minimum atomic E-state index is -0.199. The summed E-state index contributed by atoms with van der Waals surface area (Å²) in [7, 11) is 1.69. The maximum atomic E-state index is 12.2. The molecule has 2 fully saturated rings. The summed E-state index contributed by atoms with van der Waals surface area (Å²) in [6.07, 6.45) is 2.25. The van der Waals surface area contributed by atoms with E-state index in [1.807, 2.05) is 9.80 Å². The van der Waals surface area contributed by atoms with Crippen LogP contribution in [0.25, 0.3) is 0 Å². The van der Waals surface area contributed by atoms with E-state index >= 15 is 0 Å². The highest BCUT2D eigenvalue weighted by Crippen LogP contribution is 2.27. The number of rotatable bonds is 5. The number of hydrogen-bond acceptors (Lipinski definition) is 4. The average molecular weight is 487 g/mol. The van der Waals surface area contributed by atoms with Gasteiger partial charge < -0.3 is 25.5 Å². The zero-order valence-electron chi connectivity index (χ0n) is 15.4. The van der Waals surface area contributed by atoms with Gasteiger partial charge in [-0.1, -0.05) is 0 Å². The van der Waals surface area contributed by atoms with E-state index in [2.05, 4.69) is 15.6 Å². The number of nitrogens with one attached hydrogen (secondary N) is 2. The molecular weight excluding hydrogens is 461 g/mol. The molecule has 0 spiro atoms. The van der Waals surface area contributed by atoms with Gasteiger partial charge in [-0.05, 0) is 37.1 Å². The molecule has 0 atom stereocenters. The van der Waals surface area contributed by atoms with Gasteiger partial charge in [-0.2, -0.15) is 0 Å². The zero-order chi connectivity index (χ0) is 18.5. The van der Waals surface area contributed by atoms with Crippen LogP contribution in [0.5, 0.6) is 5.75 Å². The maximum absolute atomic E-state index is 12.2. The molecule has 2 aliphatic rings. The third-order valence-corrected chi connectivity index (χ3v) is 4.58. The molecule has 1 aromatic rings. The van der Waals surface area contributed by atoms with Crippen molar-refractivity contribution in [3.63, 3.8) is 0 Å². The van der Waals surface area contributed by atoms with Gasteiger partial charge in [0.2, 0.25) is 5.91 Å².